The smallest absolute Gasteiger partial charge is 0.416 e. The van der Waals surface area contributed by atoms with Gasteiger partial charge in [-0.2, -0.15) is 13.2 Å². The molecule has 3 aliphatic carbocycles. The lowest BCUT2D eigenvalue weighted by Crippen LogP contribution is -2.74. The fraction of sp³-hybridized carbons (Fsp3) is 0.684. The van der Waals surface area contributed by atoms with E-state index < -0.39 is 87.6 Å². The Balaban J connectivity index is 1.69. The van der Waals surface area contributed by atoms with Crippen molar-refractivity contribution in [3.05, 3.63) is 47.0 Å². The van der Waals surface area contributed by atoms with Gasteiger partial charge in [-0.15, -0.1) is 0 Å². The molecule has 0 spiro atoms. The zero-order valence-electron chi connectivity index (χ0n) is 30.3. The molecule has 0 bridgehead atoms. The molecule has 10 atom stereocenters. The van der Waals surface area contributed by atoms with Crippen LogP contribution in [0.3, 0.4) is 0 Å². The number of alkyl halides is 3. The van der Waals surface area contributed by atoms with Crippen molar-refractivity contribution in [1.82, 2.24) is 0 Å². The maximum absolute atomic E-state index is 14.0. The fourth-order valence-corrected chi connectivity index (χ4v) is 10.7. The van der Waals surface area contributed by atoms with E-state index in [1.165, 1.54) is 45.9 Å². The first-order valence-electron chi connectivity index (χ1n) is 17.5. The Morgan fingerprint density at radius 2 is 1.57 bits per heavy atom. The third kappa shape index (κ3) is 6.69. The van der Waals surface area contributed by atoms with Gasteiger partial charge in [0, 0.05) is 50.4 Å². The molecule has 3 fully saturated rings. The summed E-state index contributed by atoms with van der Waals surface area (Å²) < 4.78 is 71.9. The fourth-order valence-electron chi connectivity index (χ4n) is 10.7. The molecule has 1 aromatic rings. The van der Waals surface area contributed by atoms with Gasteiger partial charge in [0.1, 0.15) is 18.3 Å². The van der Waals surface area contributed by atoms with Crippen molar-refractivity contribution in [3.63, 3.8) is 0 Å². The number of carbonyl (C=O) groups excluding carboxylic acids is 4. The molecule has 1 aromatic carbocycles. The summed E-state index contributed by atoms with van der Waals surface area (Å²) in [7, 11) is 0. The maximum atomic E-state index is 14.0. The molecule has 1 saturated heterocycles. The Labute approximate surface area is 296 Å². The Kier molecular flexibility index (Phi) is 10.5. The van der Waals surface area contributed by atoms with Crippen LogP contribution in [0.1, 0.15) is 85.3 Å². The van der Waals surface area contributed by atoms with Crippen LogP contribution in [-0.4, -0.2) is 72.7 Å². The summed E-state index contributed by atoms with van der Waals surface area (Å²) in [6.45, 7) is 11.1. The van der Waals surface area contributed by atoms with Gasteiger partial charge in [-0.25, -0.2) is 0 Å². The summed E-state index contributed by atoms with van der Waals surface area (Å²) in [6.07, 6.45) is -5.14. The highest BCUT2D eigenvalue weighted by Crippen LogP contribution is 2.72. The molecule has 0 aromatic heterocycles. The summed E-state index contributed by atoms with van der Waals surface area (Å²) in [6, 6.07) is 5.29. The number of esters is 4. The van der Waals surface area contributed by atoms with Crippen LogP contribution in [0.25, 0.3) is 0 Å². The number of carbonyl (C=O) groups is 4. The lowest BCUT2D eigenvalue weighted by molar-refractivity contribution is -0.287. The lowest BCUT2D eigenvalue weighted by Gasteiger charge is -2.70. The second kappa shape index (κ2) is 13.8. The predicted octanol–water partition coefficient (Wildman–Crippen LogP) is 5.76. The van der Waals surface area contributed by atoms with Gasteiger partial charge in [0.25, 0.3) is 0 Å². The molecule has 0 radical (unpaired) electrons. The van der Waals surface area contributed by atoms with Crippen molar-refractivity contribution in [2.45, 2.75) is 111 Å². The van der Waals surface area contributed by atoms with Crippen molar-refractivity contribution in [2.75, 3.05) is 19.8 Å². The third-order valence-electron chi connectivity index (χ3n) is 12.6. The van der Waals surface area contributed by atoms with E-state index in [0.29, 0.717) is 18.4 Å². The van der Waals surface area contributed by atoms with E-state index in [4.69, 9.17) is 23.7 Å². The van der Waals surface area contributed by atoms with E-state index in [-0.39, 0.29) is 50.6 Å². The first-order chi connectivity index (χ1) is 23.7. The Morgan fingerprint density at radius 1 is 0.922 bits per heavy atom. The van der Waals surface area contributed by atoms with Gasteiger partial charge in [0.15, 0.2) is 0 Å². The van der Waals surface area contributed by atoms with E-state index in [0.717, 1.165) is 6.07 Å². The van der Waals surface area contributed by atoms with Crippen LogP contribution >= 0.6 is 0 Å². The zero-order chi connectivity index (χ0) is 37.7. The van der Waals surface area contributed by atoms with Crippen LogP contribution in [0, 0.1) is 34.0 Å². The second-order valence-electron chi connectivity index (χ2n) is 15.4. The third-order valence-corrected chi connectivity index (χ3v) is 12.6. The molecule has 51 heavy (non-hydrogen) atoms. The van der Waals surface area contributed by atoms with Gasteiger partial charge in [0.05, 0.1) is 31.0 Å². The number of hydrogen-bond donors (Lipinski definition) is 1. The van der Waals surface area contributed by atoms with Crippen molar-refractivity contribution < 1.29 is 61.1 Å². The highest BCUT2D eigenvalue weighted by atomic mass is 19.4. The molecule has 0 amide bonds. The van der Waals surface area contributed by atoms with Gasteiger partial charge in [-0.1, -0.05) is 32.0 Å². The topological polar surface area (TPSA) is 135 Å². The van der Waals surface area contributed by atoms with Gasteiger partial charge in [0.2, 0.25) is 0 Å². The highest BCUT2D eigenvalue weighted by Gasteiger charge is 2.76. The largest absolute Gasteiger partial charge is 0.466 e. The quantitative estimate of drug-likeness (QED) is 0.191. The zero-order valence-corrected chi connectivity index (χ0v) is 30.3. The molecule has 5 rings (SSSR count). The summed E-state index contributed by atoms with van der Waals surface area (Å²) >= 11 is 0. The van der Waals surface area contributed by atoms with Crippen molar-refractivity contribution in [3.8, 4) is 0 Å². The van der Waals surface area contributed by atoms with E-state index in [9.17, 15) is 37.5 Å². The molecule has 1 aliphatic heterocycles. The number of fused-ring (bicyclic) bond motifs is 5. The standard InChI is InChI=1S/C38H49F3O10/c1-21-18-30(49-23(3)43)35(7)28(37(21,46)15-12-26-10-8-9-11-27(26)38(39,40)41)13-14-34(6)29-19-47-20-36(29,16-17-48-22(2)42)33(51-25(5)45)31(32(34)35)50-24(4)44/h8-11,18,28-33,46H,12-17,19-20H2,1-7H3/t28-,29+,30-,31+,32?,33+,34+,35-,36+,37-/m1/s1. The number of aryl methyl sites for hydroxylation is 1. The molecule has 10 nitrogen and oxygen atoms in total. The number of benzene rings is 1. The van der Waals surface area contributed by atoms with E-state index in [1.807, 2.05) is 13.8 Å². The number of halogens is 3. The minimum Gasteiger partial charge on any atom is -0.466 e. The molecule has 4 aliphatic rings. The Bertz CT molecular complexity index is 1570. The molecule has 282 valence electrons. The first kappa shape index (κ1) is 38.8. The van der Waals surface area contributed by atoms with Crippen LogP contribution in [0.15, 0.2) is 35.9 Å². The lowest BCUT2D eigenvalue weighted by atomic mass is 9.36. The summed E-state index contributed by atoms with van der Waals surface area (Å²) in [5, 5.41) is 12.8. The van der Waals surface area contributed by atoms with Gasteiger partial charge >= 0.3 is 30.1 Å². The molecule has 1 N–H and O–H groups in total. The average Bonchev–Trinajstić information content (AvgIpc) is 3.46. The minimum atomic E-state index is -4.59. The number of aliphatic hydroxyl groups is 1. The second-order valence-corrected chi connectivity index (χ2v) is 15.4. The number of ether oxygens (including phenoxy) is 5. The summed E-state index contributed by atoms with van der Waals surface area (Å²) in [5.74, 6) is -4.08. The SMILES string of the molecule is CC(=O)OCC[C@]12COC[C@H]1[C@]1(C)CC[C@@H]3[C@@](C)(C1[C@H](OC(C)=O)[C@@H]2OC(C)=O)[C@H](OC(C)=O)C=C(C)[C@]3(O)CCc1ccccc1C(F)(F)F. The van der Waals surface area contributed by atoms with Crippen molar-refractivity contribution in [1.29, 1.82) is 0 Å². The van der Waals surface area contributed by atoms with Crippen molar-refractivity contribution >= 4 is 23.9 Å². The summed E-state index contributed by atoms with van der Waals surface area (Å²) in [5.41, 5.74) is -4.80. The Morgan fingerprint density at radius 3 is 2.18 bits per heavy atom. The monoisotopic (exact) mass is 722 g/mol. The van der Waals surface area contributed by atoms with E-state index >= 15 is 0 Å². The maximum Gasteiger partial charge on any atom is 0.416 e. The van der Waals surface area contributed by atoms with Gasteiger partial charge < -0.3 is 28.8 Å². The van der Waals surface area contributed by atoms with Crippen LogP contribution in [0.2, 0.25) is 0 Å². The molecular formula is C38H49F3O10. The predicted molar refractivity (Wildman–Crippen MR) is 176 cm³/mol. The van der Waals surface area contributed by atoms with E-state index in [1.54, 1.807) is 13.0 Å². The normalized spacial score (nSPS) is 37.2. The Hall–Kier alpha value is -3.45. The minimum absolute atomic E-state index is 0.00244. The number of rotatable bonds is 9. The average molecular weight is 723 g/mol. The summed E-state index contributed by atoms with van der Waals surface area (Å²) in [4.78, 5) is 50.4. The molecular weight excluding hydrogens is 673 g/mol. The molecule has 1 unspecified atom stereocenters. The van der Waals surface area contributed by atoms with E-state index in [2.05, 4.69) is 0 Å². The molecule has 1 heterocycles. The van der Waals surface area contributed by atoms with Gasteiger partial charge in [-0.05, 0) is 73.6 Å². The molecule has 13 heteroatoms. The van der Waals surface area contributed by atoms with Crippen LogP contribution in [0.5, 0.6) is 0 Å². The first-order valence-corrected chi connectivity index (χ1v) is 17.5. The molecule has 2 saturated carbocycles. The highest BCUT2D eigenvalue weighted by molar-refractivity contribution is 5.68. The van der Waals surface area contributed by atoms with Gasteiger partial charge in [-0.3, -0.25) is 19.2 Å². The number of hydrogen-bond acceptors (Lipinski definition) is 10. The van der Waals surface area contributed by atoms with Crippen LogP contribution < -0.4 is 0 Å². The van der Waals surface area contributed by atoms with Crippen LogP contribution in [0.4, 0.5) is 13.2 Å². The van der Waals surface area contributed by atoms with Crippen molar-refractivity contribution in [2.24, 2.45) is 34.0 Å². The van der Waals surface area contributed by atoms with Crippen LogP contribution in [-0.2, 0) is 55.5 Å².